The van der Waals surface area contributed by atoms with E-state index in [0.29, 0.717) is 31.1 Å². The van der Waals surface area contributed by atoms with E-state index < -0.39 is 14.6 Å². The molecule has 1 spiro atoms. The smallest absolute Gasteiger partial charge is 0.266 e. The van der Waals surface area contributed by atoms with Gasteiger partial charge in [0.05, 0.1) is 16.9 Å². The van der Waals surface area contributed by atoms with Crippen LogP contribution in [-0.2, 0) is 27.6 Å². The van der Waals surface area contributed by atoms with Gasteiger partial charge in [0.25, 0.3) is 5.56 Å². The van der Waals surface area contributed by atoms with Crippen LogP contribution < -0.4 is 5.56 Å². The molecule has 0 radical (unpaired) electrons. The third kappa shape index (κ3) is 3.54. The number of aromatic nitrogens is 2. The van der Waals surface area contributed by atoms with Crippen molar-refractivity contribution in [2.75, 3.05) is 18.8 Å². The Balaban J connectivity index is 1.67. The predicted molar refractivity (Wildman–Crippen MR) is 95.2 cm³/mol. The molecule has 25 heavy (non-hydrogen) atoms. The van der Waals surface area contributed by atoms with E-state index in [2.05, 4.69) is 5.10 Å². The second-order valence-corrected chi connectivity index (χ2v) is 10.3. The van der Waals surface area contributed by atoms with Crippen LogP contribution in [0.1, 0.15) is 45.2 Å². The Morgan fingerprint density at radius 1 is 1.28 bits per heavy atom. The molecule has 1 amide bonds. The molecule has 1 aromatic heterocycles. The Kier molecular flexibility index (Phi) is 4.83. The van der Waals surface area contributed by atoms with E-state index in [0.717, 1.165) is 19.3 Å². The number of aromatic amines is 1. The fourth-order valence-corrected chi connectivity index (χ4v) is 5.99. The van der Waals surface area contributed by atoms with E-state index in [1.807, 2.05) is 13.8 Å². The Labute approximate surface area is 148 Å². The third-order valence-electron chi connectivity index (χ3n) is 5.48. The van der Waals surface area contributed by atoms with Crippen molar-refractivity contribution in [2.24, 2.45) is 5.92 Å². The maximum atomic E-state index is 12.6. The number of carbonyl (C=O) groups is 1. The number of amides is 1. The number of nitrogens with zero attached hydrogens (tertiary/aromatic N) is 2. The summed E-state index contributed by atoms with van der Waals surface area (Å²) in [4.78, 5) is 26.2. The Morgan fingerprint density at radius 3 is 2.60 bits per heavy atom. The van der Waals surface area contributed by atoms with Crippen molar-refractivity contribution in [1.29, 1.82) is 0 Å². The van der Waals surface area contributed by atoms with Gasteiger partial charge in [-0.15, -0.1) is 0 Å². The second kappa shape index (κ2) is 6.63. The van der Waals surface area contributed by atoms with Crippen LogP contribution in [0.4, 0.5) is 0 Å². The van der Waals surface area contributed by atoms with Crippen LogP contribution in [0.2, 0.25) is 0 Å². The Hall–Kier alpha value is -1.57. The number of sulfone groups is 1. The molecule has 0 aromatic carbocycles. The van der Waals surface area contributed by atoms with Gasteiger partial charge in [-0.1, -0.05) is 20.3 Å². The van der Waals surface area contributed by atoms with Crippen LogP contribution in [0, 0.1) is 5.92 Å². The normalized spacial score (nSPS) is 22.0. The summed E-state index contributed by atoms with van der Waals surface area (Å²) in [6.45, 7) is 5.35. The number of rotatable bonds is 4. The molecule has 2 fully saturated rings. The highest BCUT2D eigenvalue weighted by Crippen LogP contribution is 2.43. The molecule has 0 unspecified atom stereocenters. The van der Waals surface area contributed by atoms with Gasteiger partial charge < -0.3 is 4.90 Å². The standard InChI is InChI=1S/C17H27N3O4S/c1-13(2)12-20-16(22)11-14(18-20)10-15(21)19-7-6-17(4-3-5-17)25(23,24)9-8-19/h11,13,18H,3-10,12H2,1-2H3. The van der Waals surface area contributed by atoms with E-state index in [1.54, 1.807) is 4.90 Å². The molecule has 1 aromatic rings. The van der Waals surface area contributed by atoms with Crippen molar-refractivity contribution in [3.63, 3.8) is 0 Å². The summed E-state index contributed by atoms with van der Waals surface area (Å²) in [5.41, 5.74) is 0.449. The fraction of sp³-hybridized carbons (Fsp3) is 0.765. The largest absolute Gasteiger partial charge is 0.341 e. The minimum atomic E-state index is -3.13. The summed E-state index contributed by atoms with van der Waals surface area (Å²) in [6, 6.07) is 1.46. The summed E-state index contributed by atoms with van der Waals surface area (Å²) in [6.07, 6.45) is 3.04. The molecule has 8 heteroatoms. The first-order valence-corrected chi connectivity index (χ1v) is 10.7. The first-order valence-electron chi connectivity index (χ1n) is 9.01. The van der Waals surface area contributed by atoms with Crippen molar-refractivity contribution in [1.82, 2.24) is 14.7 Å². The molecule has 0 atom stereocenters. The lowest BCUT2D eigenvalue weighted by molar-refractivity contribution is -0.130. The molecule has 1 saturated heterocycles. The van der Waals surface area contributed by atoms with Crippen LogP contribution in [0.5, 0.6) is 0 Å². The molecule has 140 valence electrons. The molecule has 1 aliphatic heterocycles. The maximum absolute atomic E-state index is 12.6. The SMILES string of the molecule is CC(C)Cn1[nH]c(CC(=O)N2CCC3(CCC3)S(=O)(=O)CC2)cc1=O. The molecule has 2 aliphatic rings. The van der Waals surface area contributed by atoms with Gasteiger partial charge in [0.15, 0.2) is 9.84 Å². The minimum absolute atomic E-state index is 0.0453. The number of hydrogen-bond donors (Lipinski definition) is 1. The number of carbonyl (C=O) groups excluding carboxylic acids is 1. The lowest BCUT2D eigenvalue weighted by Crippen LogP contribution is -2.46. The van der Waals surface area contributed by atoms with Gasteiger partial charge in [0, 0.05) is 31.4 Å². The first kappa shape index (κ1) is 18.2. The van der Waals surface area contributed by atoms with Gasteiger partial charge in [-0.05, 0) is 25.2 Å². The highest BCUT2D eigenvalue weighted by Gasteiger charge is 2.49. The highest BCUT2D eigenvalue weighted by atomic mass is 32.2. The van der Waals surface area contributed by atoms with Crippen molar-refractivity contribution in [3.05, 3.63) is 22.1 Å². The molecule has 3 rings (SSSR count). The van der Waals surface area contributed by atoms with E-state index in [9.17, 15) is 18.0 Å². The van der Waals surface area contributed by atoms with Gasteiger partial charge in [0.2, 0.25) is 5.91 Å². The number of H-pyrrole nitrogens is 1. The summed E-state index contributed by atoms with van der Waals surface area (Å²) in [7, 11) is -3.13. The Morgan fingerprint density at radius 2 is 2.00 bits per heavy atom. The summed E-state index contributed by atoms with van der Waals surface area (Å²) < 4.78 is 25.9. The van der Waals surface area contributed by atoms with Gasteiger partial charge in [0.1, 0.15) is 0 Å². The average Bonchev–Trinajstić information content (AvgIpc) is 2.71. The summed E-state index contributed by atoms with van der Waals surface area (Å²) in [5, 5.41) is 2.99. The molecular formula is C17H27N3O4S. The van der Waals surface area contributed by atoms with Crippen LogP contribution in [0.25, 0.3) is 0 Å². The van der Waals surface area contributed by atoms with Gasteiger partial charge in [-0.2, -0.15) is 0 Å². The zero-order valence-electron chi connectivity index (χ0n) is 15.0. The highest BCUT2D eigenvalue weighted by molar-refractivity contribution is 7.92. The van der Waals surface area contributed by atoms with E-state index in [-0.39, 0.29) is 30.2 Å². The topological polar surface area (TPSA) is 92.2 Å². The van der Waals surface area contributed by atoms with Gasteiger partial charge >= 0.3 is 0 Å². The van der Waals surface area contributed by atoms with Crippen LogP contribution in [0.15, 0.2) is 10.9 Å². The number of nitrogens with one attached hydrogen (secondary N) is 1. The van der Waals surface area contributed by atoms with E-state index in [1.165, 1.54) is 10.7 Å². The summed E-state index contributed by atoms with van der Waals surface area (Å²) in [5.74, 6) is 0.253. The number of hydrogen-bond acceptors (Lipinski definition) is 4. The average molecular weight is 369 g/mol. The molecular weight excluding hydrogens is 342 g/mol. The maximum Gasteiger partial charge on any atom is 0.266 e. The Bertz CT molecular complexity index is 802. The quantitative estimate of drug-likeness (QED) is 0.855. The summed E-state index contributed by atoms with van der Waals surface area (Å²) >= 11 is 0. The molecule has 1 saturated carbocycles. The molecule has 1 N–H and O–H groups in total. The lowest BCUT2D eigenvalue weighted by atomic mass is 9.81. The van der Waals surface area contributed by atoms with Crippen molar-refractivity contribution < 1.29 is 13.2 Å². The van der Waals surface area contributed by atoms with E-state index >= 15 is 0 Å². The van der Waals surface area contributed by atoms with Crippen LogP contribution >= 0.6 is 0 Å². The lowest BCUT2D eigenvalue weighted by Gasteiger charge is -2.39. The van der Waals surface area contributed by atoms with Crippen LogP contribution in [0.3, 0.4) is 0 Å². The zero-order chi connectivity index (χ0) is 18.2. The van der Waals surface area contributed by atoms with Crippen molar-refractivity contribution in [3.8, 4) is 0 Å². The second-order valence-electron chi connectivity index (χ2n) is 7.79. The fourth-order valence-electron chi connectivity index (χ4n) is 3.79. The molecule has 1 aliphatic carbocycles. The molecule has 0 bridgehead atoms. The van der Waals surface area contributed by atoms with Gasteiger partial charge in [-0.25, -0.2) is 8.42 Å². The molecule has 2 heterocycles. The van der Waals surface area contributed by atoms with Crippen LogP contribution in [-0.4, -0.2) is 52.6 Å². The molecule has 7 nitrogen and oxygen atoms in total. The predicted octanol–water partition coefficient (Wildman–Crippen LogP) is 0.945. The first-order chi connectivity index (χ1) is 11.7. The zero-order valence-corrected chi connectivity index (χ0v) is 15.8. The third-order valence-corrected chi connectivity index (χ3v) is 8.13. The van der Waals surface area contributed by atoms with Crippen molar-refractivity contribution in [2.45, 2.75) is 57.2 Å². The monoisotopic (exact) mass is 369 g/mol. The van der Waals surface area contributed by atoms with E-state index in [4.69, 9.17) is 0 Å². The minimum Gasteiger partial charge on any atom is -0.341 e. The van der Waals surface area contributed by atoms with Crippen molar-refractivity contribution >= 4 is 15.7 Å². The van der Waals surface area contributed by atoms with Gasteiger partial charge in [-0.3, -0.25) is 19.4 Å².